The third kappa shape index (κ3) is 2.06. The zero-order valence-electron chi connectivity index (χ0n) is 15.9. The van der Waals surface area contributed by atoms with Crippen LogP contribution in [0.5, 0.6) is 0 Å². The fraction of sp³-hybridized carbons (Fsp3) is 0.619. The van der Waals surface area contributed by atoms with Crippen LogP contribution in [0.1, 0.15) is 50.5 Å². The molecule has 2 atom stereocenters. The molecule has 6 aliphatic rings. The summed E-state index contributed by atoms with van der Waals surface area (Å²) in [7, 11) is -0.709. The van der Waals surface area contributed by atoms with E-state index in [9.17, 15) is 10.1 Å². The number of rotatable bonds is 2. The van der Waals surface area contributed by atoms with Crippen LogP contribution in [-0.2, 0) is 0 Å². The highest BCUT2D eigenvalue weighted by molar-refractivity contribution is 6.66. The Morgan fingerprint density at radius 3 is 2.68 bits per heavy atom. The number of aromatic nitrogens is 2. The summed E-state index contributed by atoms with van der Waals surface area (Å²) in [5.74, 6) is 2.06. The third-order valence-corrected chi connectivity index (χ3v) is 8.10. The van der Waals surface area contributed by atoms with Crippen LogP contribution < -0.4 is 5.46 Å². The highest BCUT2D eigenvalue weighted by Gasteiger charge is 2.57. The van der Waals surface area contributed by atoms with Crippen LogP contribution in [0, 0.1) is 23.7 Å². The molecule has 8 rings (SSSR count). The van der Waals surface area contributed by atoms with E-state index in [0.717, 1.165) is 59.9 Å². The van der Waals surface area contributed by atoms with Crippen LogP contribution >= 0.6 is 0 Å². The topological polar surface area (TPSA) is 84.7 Å². The van der Waals surface area contributed by atoms with Crippen molar-refractivity contribution in [3.05, 3.63) is 24.0 Å². The number of aliphatic hydroxyl groups is 1. The SMILES string of the molecule is OB1c2cnc3[nH]ccc3c2C(C2C3CC4CC2CC(O)(C4)C3)=NN1C1CC1. The second-order valence-corrected chi connectivity index (χ2v) is 10.0. The number of aromatic amines is 1. The van der Waals surface area contributed by atoms with E-state index >= 15 is 0 Å². The number of hydrogen-bond acceptors (Lipinski definition) is 5. The maximum absolute atomic E-state index is 11.1. The second kappa shape index (κ2) is 5.19. The zero-order chi connectivity index (χ0) is 18.6. The molecule has 144 valence electrons. The number of nitrogens with one attached hydrogen (secondary N) is 1. The number of pyridine rings is 1. The number of fused-ring (bicyclic) bond motifs is 3. The number of H-pyrrole nitrogens is 1. The van der Waals surface area contributed by atoms with Gasteiger partial charge < -0.3 is 20.0 Å². The van der Waals surface area contributed by atoms with Crippen LogP contribution in [0.3, 0.4) is 0 Å². The first kappa shape index (κ1) is 16.0. The van der Waals surface area contributed by atoms with Gasteiger partial charge in [0.2, 0.25) is 0 Å². The van der Waals surface area contributed by atoms with E-state index < -0.39 is 12.7 Å². The molecule has 6 nitrogen and oxygen atoms in total. The fourth-order valence-electron chi connectivity index (χ4n) is 7.16. The summed E-state index contributed by atoms with van der Waals surface area (Å²) < 4.78 is 0. The molecule has 0 aromatic carbocycles. The molecule has 5 saturated carbocycles. The van der Waals surface area contributed by atoms with Gasteiger partial charge in [-0.1, -0.05) is 0 Å². The summed E-state index contributed by atoms with van der Waals surface area (Å²) in [4.78, 5) is 9.73. The Balaban J connectivity index is 1.42. The molecule has 0 spiro atoms. The van der Waals surface area contributed by atoms with Gasteiger partial charge in [-0.05, 0) is 68.8 Å². The van der Waals surface area contributed by atoms with E-state index in [1.165, 1.54) is 12.8 Å². The summed E-state index contributed by atoms with van der Waals surface area (Å²) in [6.45, 7) is 0. The molecule has 2 unspecified atom stereocenters. The lowest BCUT2D eigenvalue weighted by Gasteiger charge is -2.58. The van der Waals surface area contributed by atoms with Crippen LogP contribution in [0.2, 0.25) is 0 Å². The Labute approximate surface area is 164 Å². The molecule has 5 aliphatic carbocycles. The van der Waals surface area contributed by atoms with E-state index in [0.29, 0.717) is 29.7 Å². The summed E-state index contributed by atoms with van der Waals surface area (Å²) in [5, 5.41) is 28.3. The van der Waals surface area contributed by atoms with E-state index in [1.807, 2.05) is 17.3 Å². The predicted octanol–water partition coefficient (Wildman–Crippen LogP) is 1.62. The van der Waals surface area contributed by atoms with Gasteiger partial charge in [0, 0.05) is 40.8 Å². The van der Waals surface area contributed by atoms with Gasteiger partial charge in [-0.2, -0.15) is 5.10 Å². The lowest BCUT2D eigenvalue weighted by atomic mass is 9.48. The standard InChI is InChI=1S/C21H25BN4O2/c27-21-7-11-5-12(8-21)17(13(6-11)9-21)19-18-15-3-4-23-20(15)24-10-16(18)22(28)26(25-19)14-1-2-14/h3-4,10-14,17,27-28H,1-2,5-9H2,(H,23,24). The minimum absolute atomic E-state index is 0.348. The van der Waals surface area contributed by atoms with Gasteiger partial charge >= 0.3 is 7.05 Å². The van der Waals surface area contributed by atoms with Crippen LogP contribution in [0.25, 0.3) is 11.0 Å². The number of hydrogen-bond donors (Lipinski definition) is 3. The van der Waals surface area contributed by atoms with Crippen molar-refractivity contribution in [3.63, 3.8) is 0 Å². The van der Waals surface area contributed by atoms with Crippen LogP contribution in [-0.4, -0.2) is 49.4 Å². The van der Waals surface area contributed by atoms with Gasteiger partial charge in [-0.3, -0.25) is 0 Å². The van der Waals surface area contributed by atoms with Gasteiger partial charge in [0.25, 0.3) is 0 Å². The molecular formula is C21H25BN4O2. The first-order chi connectivity index (χ1) is 13.6. The Morgan fingerprint density at radius 1 is 1.18 bits per heavy atom. The second-order valence-electron chi connectivity index (χ2n) is 10.0. The minimum atomic E-state index is -0.709. The van der Waals surface area contributed by atoms with E-state index in [-0.39, 0.29) is 0 Å². The van der Waals surface area contributed by atoms with Crippen molar-refractivity contribution >= 4 is 29.3 Å². The molecule has 0 radical (unpaired) electrons. The molecule has 0 saturated heterocycles. The average Bonchev–Trinajstić information content (AvgIpc) is 3.37. The summed E-state index contributed by atoms with van der Waals surface area (Å²) >= 11 is 0. The molecule has 0 amide bonds. The zero-order valence-corrected chi connectivity index (χ0v) is 15.9. The molecule has 7 heteroatoms. The number of nitrogens with zero attached hydrogens (tertiary/aromatic N) is 3. The van der Waals surface area contributed by atoms with Crippen molar-refractivity contribution in [2.24, 2.45) is 28.8 Å². The summed E-state index contributed by atoms with van der Waals surface area (Å²) in [6.07, 6.45) is 11.2. The molecule has 28 heavy (non-hydrogen) atoms. The minimum Gasteiger partial charge on any atom is -0.428 e. The summed E-state index contributed by atoms with van der Waals surface area (Å²) in [5.41, 5.74) is 3.57. The largest absolute Gasteiger partial charge is 0.468 e. The normalized spacial score (nSPS) is 38.9. The third-order valence-electron chi connectivity index (χ3n) is 8.10. The molecule has 3 heterocycles. The molecule has 4 bridgehead atoms. The van der Waals surface area contributed by atoms with Gasteiger partial charge in [-0.15, -0.1) is 0 Å². The first-order valence-electron chi connectivity index (χ1n) is 10.8. The molecule has 2 aromatic heterocycles. The Kier molecular flexibility index (Phi) is 2.97. The van der Waals surface area contributed by atoms with E-state index in [2.05, 4.69) is 16.0 Å². The van der Waals surface area contributed by atoms with Gasteiger partial charge in [0.15, 0.2) is 0 Å². The quantitative estimate of drug-likeness (QED) is 0.696. The van der Waals surface area contributed by atoms with Crippen molar-refractivity contribution in [1.29, 1.82) is 0 Å². The van der Waals surface area contributed by atoms with Gasteiger partial charge in [-0.25, -0.2) is 4.98 Å². The van der Waals surface area contributed by atoms with E-state index in [1.54, 1.807) is 0 Å². The van der Waals surface area contributed by atoms with Gasteiger partial charge in [0.1, 0.15) is 5.65 Å². The molecule has 2 aromatic rings. The van der Waals surface area contributed by atoms with Crippen molar-refractivity contribution in [2.75, 3.05) is 0 Å². The van der Waals surface area contributed by atoms with Crippen molar-refractivity contribution in [2.45, 2.75) is 56.6 Å². The maximum atomic E-state index is 11.1. The Morgan fingerprint density at radius 2 is 1.96 bits per heavy atom. The molecular weight excluding hydrogens is 351 g/mol. The van der Waals surface area contributed by atoms with Crippen molar-refractivity contribution in [1.82, 2.24) is 14.9 Å². The average molecular weight is 376 g/mol. The van der Waals surface area contributed by atoms with Crippen LogP contribution in [0.4, 0.5) is 0 Å². The highest BCUT2D eigenvalue weighted by Crippen LogP contribution is 2.59. The monoisotopic (exact) mass is 376 g/mol. The van der Waals surface area contributed by atoms with Crippen LogP contribution in [0.15, 0.2) is 23.6 Å². The Hall–Kier alpha value is -1.86. The molecule has 3 N–H and O–H groups in total. The number of hydrazone groups is 1. The fourth-order valence-corrected chi connectivity index (χ4v) is 7.16. The highest BCUT2D eigenvalue weighted by atomic mass is 16.3. The van der Waals surface area contributed by atoms with Crippen molar-refractivity contribution < 1.29 is 10.1 Å². The van der Waals surface area contributed by atoms with E-state index in [4.69, 9.17) is 5.10 Å². The smallest absolute Gasteiger partial charge is 0.428 e. The lowest BCUT2D eigenvalue weighted by molar-refractivity contribution is -0.138. The molecule has 1 aliphatic heterocycles. The first-order valence-corrected chi connectivity index (χ1v) is 10.8. The van der Waals surface area contributed by atoms with Crippen molar-refractivity contribution in [3.8, 4) is 0 Å². The maximum Gasteiger partial charge on any atom is 0.468 e. The lowest BCUT2D eigenvalue weighted by Crippen LogP contribution is -2.59. The molecule has 5 fully saturated rings. The summed E-state index contributed by atoms with van der Waals surface area (Å²) in [6, 6.07) is 2.42. The predicted molar refractivity (Wildman–Crippen MR) is 107 cm³/mol. The Bertz CT molecular complexity index is 999. The van der Waals surface area contributed by atoms with Gasteiger partial charge in [0.05, 0.1) is 11.3 Å².